The molecule has 2 rings (SSSR count). The molecule has 0 aromatic heterocycles. The molecule has 0 spiro atoms. The lowest BCUT2D eigenvalue weighted by molar-refractivity contribution is -0.121. The van der Waals surface area contributed by atoms with Gasteiger partial charge in [-0.2, -0.15) is 4.39 Å². The molecule has 3 N–H and O–H groups in total. The lowest BCUT2D eigenvalue weighted by Crippen LogP contribution is -2.48. The first-order valence-electron chi connectivity index (χ1n) is 4.69. The summed E-state index contributed by atoms with van der Waals surface area (Å²) in [5.41, 5.74) is -0.994. The van der Waals surface area contributed by atoms with E-state index in [-0.39, 0.29) is 0 Å². The maximum Gasteiger partial charge on any atom is 0.292 e. The molecule has 1 aliphatic rings. The van der Waals surface area contributed by atoms with Crippen molar-refractivity contribution in [2.24, 2.45) is 0 Å². The molecule has 0 fully saturated rings. The van der Waals surface area contributed by atoms with E-state index in [0.29, 0.717) is 6.08 Å². The topological polar surface area (TPSA) is 61.7 Å². The van der Waals surface area contributed by atoms with E-state index in [2.05, 4.69) is 10.1 Å². The van der Waals surface area contributed by atoms with Crippen molar-refractivity contribution in [3.63, 3.8) is 0 Å². The highest BCUT2D eigenvalue weighted by atomic mass is 19.2. The third-order valence-corrected chi connectivity index (χ3v) is 2.43. The number of fused-ring (bicyclic) bond motifs is 1. The first-order valence-corrected chi connectivity index (χ1v) is 4.69. The Labute approximate surface area is 98.1 Å². The number of hydrogen-bond donors (Lipinski definition) is 3. The van der Waals surface area contributed by atoms with Crippen LogP contribution in [0.2, 0.25) is 0 Å². The largest absolute Gasteiger partial charge is 0.507 e. The molecule has 1 aromatic rings. The third kappa shape index (κ3) is 1.61. The first-order chi connectivity index (χ1) is 8.30. The third-order valence-electron chi connectivity index (χ3n) is 2.43. The second kappa shape index (κ2) is 3.85. The average molecular weight is 265 g/mol. The Morgan fingerprint density at radius 2 is 1.67 bits per heavy atom. The first kappa shape index (κ1) is 12.7. The van der Waals surface area contributed by atoms with Gasteiger partial charge in [-0.15, -0.1) is 0 Å². The molecule has 8 heteroatoms. The van der Waals surface area contributed by atoms with Gasteiger partial charge in [-0.25, -0.2) is 13.2 Å². The molecule has 0 amide bonds. The second-order valence-corrected chi connectivity index (χ2v) is 3.54. The predicted octanol–water partition coefficient (Wildman–Crippen LogP) is 1.40. The maximum atomic E-state index is 13.4. The van der Waals surface area contributed by atoms with Gasteiger partial charge in [0.05, 0.1) is 0 Å². The van der Waals surface area contributed by atoms with Gasteiger partial charge in [0.25, 0.3) is 5.91 Å². The molecule has 0 aliphatic carbocycles. The molecule has 1 atom stereocenters. The van der Waals surface area contributed by atoms with Gasteiger partial charge in [-0.05, 0) is 7.05 Å². The molecule has 0 saturated carbocycles. The molecule has 4 nitrogen and oxygen atoms in total. The number of hydrogen-bond acceptors (Lipinski definition) is 4. The molecule has 1 aliphatic heterocycles. The Kier molecular flexibility index (Phi) is 2.71. The average Bonchev–Trinajstić information content (AvgIpc) is 2.33. The number of benzene rings is 1. The van der Waals surface area contributed by atoms with Crippen molar-refractivity contribution >= 4 is 5.76 Å². The van der Waals surface area contributed by atoms with Crippen LogP contribution in [0, 0.1) is 23.3 Å². The molecule has 1 aromatic carbocycles. The van der Waals surface area contributed by atoms with Crippen molar-refractivity contribution in [3.8, 4) is 5.75 Å². The number of aliphatic hydroxyl groups is 2. The molecule has 0 bridgehead atoms. The Bertz CT molecular complexity index is 561. The number of nitrogens with one attached hydrogen (secondary N) is 1. The van der Waals surface area contributed by atoms with Crippen molar-refractivity contribution in [3.05, 3.63) is 34.9 Å². The lowest BCUT2D eigenvalue weighted by Gasteiger charge is -2.30. The van der Waals surface area contributed by atoms with E-state index in [1.165, 1.54) is 7.05 Å². The van der Waals surface area contributed by atoms with E-state index in [9.17, 15) is 27.8 Å². The molecule has 0 saturated heterocycles. The smallest absolute Gasteiger partial charge is 0.292 e. The highest BCUT2D eigenvalue weighted by molar-refractivity contribution is 5.68. The van der Waals surface area contributed by atoms with E-state index in [1.807, 2.05) is 0 Å². The van der Waals surface area contributed by atoms with Crippen LogP contribution in [0.1, 0.15) is 5.56 Å². The Hall–Kier alpha value is -1.80. The van der Waals surface area contributed by atoms with Crippen LogP contribution in [0.15, 0.2) is 6.08 Å². The van der Waals surface area contributed by atoms with Gasteiger partial charge < -0.3 is 14.9 Å². The number of halogens is 4. The van der Waals surface area contributed by atoms with Crippen molar-refractivity contribution in [1.29, 1.82) is 0 Å². The summed E-state index contributed by atoms with van der Waals surface area (Å²) in [7, 11) is 1.18. The van der Waals surface area contributed by atoms with Gasteiger partial charge in [0.15, 0.2) is 17.4 Å². The van der Waals surface area contributed by atoms with Crippen LogP contribution in [0.3, 0.4) is 0 Å². The number of ether oxygens (including phenoxy) is 1. The van der Waals surface area contributed by atoms with Crippen LogP contribution in [0.4, 0.5) is 17.6 Å². The highest BCUT2D eigenvalue weighted by Crippen LogP contribution is 2.39. The molecular weight excluding hydrogens is 258 g/mol. The fraction of sp³-hybridized carbons (Fsp3) is 0.200. The molecule has 1 heterocycles. The molecular formula is C10H7F4NO3. The van der Waals surface area contributed by atoms with Gasteiger partial charge in [-0.3, -0.25) is 5.32 Å². The van der Waals surface area contributed by atoms with Crippen LogP contribution in [-0.2, 0) is 0 Å². The lowest BCUT2D eigenvalue weighted by atomic mass is 10.1. The number of aliphatic hydroxyl groups excluding tert-OH is 1. The standard InChI is InChI=1S/C10H7F4NO3/c1-15-10(17)2-3(16)4-5(11)6(12)7(13)8(14)9(4)18-10/h2,15-17H,1H3. The fourth-order valence-electron chi connectivity index (χ4n) is 1.50. The summed E-state index contributed by atoms with van der Waals surface area (Å²) >= 11 is 0. The summed E-state index contributed by atoms with van der Waals surface area (Å²) < 4.78 is 57.3. The van der Waals surface area contributed by atoms with Gasteiger partial charge in [0.2, 0.25) is 11.6 Å². The minimum absolute atomic E-state index is 0.579. The van der Waals surface area contributed by atoms with Crippen LogP contribution < -0.4 is 10.1 Å². The minimum Gasteiger partial charge on any atom is -0.507 e. The maximum absolute atomic E-state index is 13.4. The van der Waals surface area contributed by atoms with Crippen molar-refractivity contribution in [2.75, 3.05) is 7.05 Å². The van der Waals surface area contributed by atoms with Crippen LogP contribution in [-0.4, -0.2) is 23.2 Å². The van der Waals surface area contributed by atoms with Crippen LogP contribution in [0.5, 0.6) is 5.75 Å². The normalized spacial score (nSPS) is 22.2. The predicted molar refractivity (Wildman–Crippen MR) is 51.5 cm³/mol. The van der Waals surface area contributed by atoms with Gasteiger partial charge in [0, 0.05) is 6.08 Å². The van der Waals surface area contributed by atoms with E-state index in [4.69, 9.17) is 0 Å². The molecule has 1 unspecified atom stereocenters. The van der Waals surface area contributed by atoms with E-state index >= 15 is 0 Å². The zero-order valence-electron chi connectivity index (χ0n) is 8.89. The quantitative estimate of drug-likeness (QED) is 0.311. The molecule has 18 heavy (non-hydrogen) atoms. The summed E-state index contributed by atoms with van der Waals surface area (Å²) in [4.78, 5) is 0. The fourth-order valence-corrected chi connectivity index (χ4v) is 1.50. The second-order valence-electron chi connectivity index (χ2n) is 3.54. The SMILES string of the molecule is CNC1(O)C=C(O)c2c(F)c(F)c(F)c(F)c2O1. The minimum atomic E-state index is -2.35. The van der Waals surface area contributed by atoms with Gasteiger partial charge in [0.1, 0.15) is 11.3 Å². The van der Waals surface area contributed by atoms with Crippen molar-refractivity contribution in [1.82, 2.24) is 5.32 Å². The van der Waals surface area contributed by atoms with E-state index < -0.39 is 46.3 Å². The van der Waals surface area contributed by atoms with Crippen molar-refractivity contribution in [2.45, 2.75) is 5.91 Å². The Balaban J connectivity index is 2.76. The van der Waals surface area contributed by atoms with Crippen LogP contribution >= 0.6 is 0 Å². The zero-order valence-corrected chi connectivity index (χ0v) is 8.89. The number of rotatable bonds is 1. The Morgan fingerprint density at radius 3 is 2.22 bits per heavy atom. The summed E-state index contributed by atoms with van der Waals surface area (Å²) in [5, 5.41) is 21.2. The number of likely N-dealkylation sites (N-methyl/N-ethyl adjacent to an activating group) is 1. The zero-order chi connectivity index (χ0) is 13.7. The van der Waals surface area contributed by atoms with Crippen LogP contribution in [0.25, 0.3) is 5.76 Å². The monoisotopic (exact) mass is 265 g/mol. The molecule has 98 valence electrons. The van der Waals surface area contributed by atoms with Gasteiger partial charge >= 0.3 is 0 Å². The summed E-state index contributed by atoms with van der Waals surface area (Å²) in [6, 6.07) is 0. The van der Waals surface area contributed by atoms with Crippen molar-refractivity contribution < 1.29 is 32.5 Å². The van der Waals surface area contributed by atoms with E-state index in [1.54, 1.807) is 0 Å². The summed E-state index contributed by atoms with van der Waals surface area (Å²) in [5.74, 6) is -12.3. The summed E-state index contributed by atoms with van der Waals surface area (Å²) in [6.45, 7) is 0. The molecule has 0 radical (unpaired) electrons. The highest BCUT2D eigenvalue weighted by Gasteiger charge is 2.39. The summed E-state index contributed by atoms with van der Waals surface area (Å²) in [6.07, 6.45) is 0.579. The van der Waals surface area contributed by atoms with E-state index in [0.717, 1.165) is 0 Å². The van der Waals surface area contributed by atoms with Gasteiger partial charge in [-0.1, -0.05) is 0 Å². The Morgan fingerprint density at radius 1 is 1.11 bits per heavy atom.